The number of rotatable bonds is 7. The molecule has 2 aromatic carbocycles. The molecule has 0 aromatic heterocycles. The van der Waals surface area contributed by atoms with Crippen molar-refractivity contribution in [2.45, 2.75) is 25.0 Å². The molecule has 0 radical (unpaired) electrons. The lowest BCUT2D eigenvalue weighted by molar-refractivity contribution is 0.0638. The van der Waals surface area contributed by atoms with Gasteiger partial charge in [-0.2, -0.15) is 0 Å². The molecule has 4 nitrogen and oxygen atoms in total. The second-order valence-corrected chi connectivity index (χ2v) is 6.35. The Morgan fingerprint density at radius 2 is 2.00 bits per heavy atom. The molecule has 1 fully saturated rings. The number of hydrogen-bond donors (Lipinski definition) is 1. The highest BCUT2D eigenvalue weighted by Gasteiger charge is 2.28. The molecule has 3 rings (SSSR count). The molecule has 25 heavy (non-hydrogen) atoms. The van der Waals surface area contributed by atoms with Gasteiger partial charge in [0.25, 0.3) is 0 Å². The maximum Gasteiger partial charge on any atom is 0.123 e. The number of halogens is 1. The van der Waals surface area contributed by atoms with Gasteiger partial charge in [0.15, 0.2) is 0 Å². The third-order valence-corrected chi connectivity index (χ3v) is 4.54. The minimum absolute atomic E-state index is 0.187. The van der Waals surface area contributed by atoms with Crippen LogP contribution in [0.4, 0.5) is 4.39 Å². The standard InChI is InChI=1S/C20H24FNO3/c1-24-19-5-2-4-15(12-19)20-6-3-11-22(20)13-17(23)14-25-18-9-7-16(21)8-10-18/h2,4-5,7-10,12,17,20,23H,3,6,11,13-14H2,1H3/t17-,20+/m0/s1. The normalized spacial score (nSPS) is 18.9. The number of hydrogen-bond acceptors (Lipinski definition) is 4. The highest BCUT2D eigenvalue weighted by Crippen LogP contribution is 2.33. The van der Waals surface area contributed by atoms with Crippen LogP contribution in [0.5, 0.6) is 11.5 Å². The van der Waals surface area contributed by atoms with E-state index in [2.05, 4.69) is 17.0 Å². The summed E-state index contributed by atoms with van der Waals surface area (Å²) in [4.78, 5) is 2.29. The number of nitrogens with zero attached hydrogens (tertiary/aromatic N) is 1. The van der Waals surface area contributed by atoms with Crippen LogP contribution in [0, 0.1) is 5.82 Å². The van der Waals surface area contributed by atoms with Crippen molar-refractivity contribution in [1.82, 2.24) is 4.90 Å². The molecule has 1 heterocycles. The summed E-state index contributed by atoms with van der Waals surface area (Å²) in [6.07, 6.45) is 1.57. The second-order valence-electron chi connectivity index (χ2n) is 6.35. The summed E-state index contributed by atoms with van der Waals surface area (Å²) in [5.74, 6) is 1.11. The zero-order valence-electron chi connectivity index (χ0n) is 14.4. The van der Waals surface area contributed by atoms with Crippen molar-refractivity contribution >= 4 is 0 Å². The average Bonchev–Trinajstić information content (AvgIpc) is 3.09. The van der Waals surface area contributed by atoms with Crippen molar-refractivity contribution in [2.24, 2.45) is 0 Å². The molecule has 5 heteroatoms. The summed E-state index contributed by atoms with van der Waals surface area (Å²) in [5.41, 5.74) is 1.21. The molecule has 0 amide bonds. The van der Waals surface area contributed by atoms with E-state index in [-0.39, 0.29) is 18.5 Å². The molecule has 2 atom stereocenters. The molecule has 0 unspecified atom stereocenters. The Morgan fingerprint density at radius 3 is 2.76 bits per heavy atom. The summed E-state index contributed by atoms with van der Waals surface area (Å²) < 4.78 is 23.8. The number of methoxy groups -OCH3 is 1. The van der Waals surface area contributed by atoms with Gasteiger partial charge in [-0.25, -0.2) is 4.39 Å². The third-order valence-electron chi connectivity index (χ3n) is 4.54. The van der Waals surface area contributed by atoms with Gasteiger partial charge >= 0.3 is 0 Å². The minimum Gasteiger partial charge on any atom is -0.497 e. The Bertz CT molecular complexity index is 677. The monoisotopic (exact) mass is 345 g/mol. The van der Waals surface area contributed by atoms with Gasteiger partial charge in [-0.05, 0) is 61.3 Å². The summed E-state index contributed by atoms with van der Waals surface area (Å²) in [7, 11) is 1.67. The van der Waals surface area contributed by atoms with E-state index in [1.807, 2.05) is 12.1 Å². The molecule has 1 aliphatic heterocycles. The lowest BCUT2D eigenvalue weighted by Crippen LogP contribution is -2.35. The van der Waals surface area contributed by atoms with Crippen molar-refractivity contribution in [3.8, 4) is 11.5 Å². The molecule has 0 saturated carbocycles. The second kappa shape index (κ2) is 8.32. The zero-order chi connectivity index (χ0) is 17.6. The number of aliphatic hydroxyl groups excluding tert-OH is 1. The molecule has 1 saturated heterocycles. The molecular formula is C20H24FNO3. The first-order chi connectivity index (χ1) is 12.2. The SMILES string of the molecule is COc1cccc([C@H]2CCCN2C[C@H](O)COc2ccc(F)cc2)c1. The van der Waals surface area contributed by atoms with Gasteiger partial charge < -0.3 is 14.6 Å². The van der Waals surface area contributed by atoms with Crippen molar-refractivity contribution in [2.75, 3.05) is 26.8 Å². The van der Waals surface area contributed by atoms with Crippen LogP contribution >= 0.6 is 0 Å². The summed E-state index contributed by atoms with van der Waals surface area (Å²) in [6.45, 7) is 1.69. The molecule has 1 N–H and O–H groups in total. The Kier molecular flexibility index (Phi) is 5.89. The molecule has 1 aliphatic rings. The van der Waals surface area contributed by atoms with Crippen LogP contribution in [0.1, 0.15) is 24.4 Å². The number of β-amino-alcohol motifs (C(OH)–C–C–N with tert-alkyl or cyclic N) is 1. The number of aliphatic hydroxyl groups is 1. The van der Waals surface area contributed by atoms with Crippen LogP contribution in [0.25, 0.3) is 0 Å². The fourth-order valence-electron chi connectivity index (χ4n) is 3.32. The predicted octanol–water partition coefficient (Wildman–Crippen LogP) is 3.41. The maximum atomic E-state index is 12.9. The average molecular weight is 345 g/mol. The van der Waals surface area contributed by atoms with Gasteiger partial charge in [0.05, 0.1) is 7.11 Å². The van der Waals surface area contributed by atoms with E-state index >= 15 is 0 Å². The van der Waals surface area contributed by atoms with Crippen LogP contribution in [0.15, 0.2) is 48.5 Å². The highest BCUT2D eigenvalue weighted by molar-refractivity contribution is 5.31. The highest BCUT2D eigenvalue weighted by atomic mass is 19.1. The van der Waals surface area contributed by atoms with E-state index in [0.29, 0.717) is 12.3 Å². The maximum absolute atomic E-state index is 12.9. The third kappa shape index (κ3) is 4.71. The van der Waals surface area contributed by atoms with Crippen molar-refractivity contribution < 1.29 is 19.0 Å². The van der Waals surface area contributed by atoms with E-state index in [9.17, 15) is 9.50 Å². The van der Waals surface area contributed by atoms with Gasteiger partial charge in [-0.3, -0.25) is 4.90 Å². The zero-order valence-corrected chi connectivity index (χ0v) is 14.4. The van der Waals surface area contributed by atoms with Crippen molar-refractivity contribution in [3.63, 3.8) is 0 Å². The van der Waals surface area contributed by atoms with Crippen LogP contribution < -0.4 is 9.47 Å². The Morgan fingerprint density at radius 1 is 1.20 bits per heavy atom. The quantitative estimate of drug-likeness (QED) is 0.835. The Balaban J connectivity index is 1.56. The van der Waals surface area contributed by atoms with Crippen LogP contribution in [-0.2, 0) is 0 Å². The molecule has 0 aliphatic carbocycles. The first-order valence-electron chi connectivity index (χ1n) is 8.60. The van der Waals surface area contributed by atoms with Gasteiger partial charge in [-0.15, -0.1) is 0 Å². The largest absolute Gasteiger partial charge is 0.497 e. The first kappa shape index (κ1) is 17.7. The Hall–Kier alpha value is -2.11. The van der Waals surface area contributed by atoms with Gasteiger partial charge in [-0.1, -0.05) is 12.1 Å². The lowest BCUT2D eigenvalue weighted by atomic mass is 10.0. The smallest absolute Gasteiger partial charge is 0.123 e. The first-order valence-corrected chi connectivity index (χ1v) is 8.60. The lowest BCUT2D eigenvalue weighted by Gasteiger charge is -2.27. The van der Waals surface area contributed by atoms with Crippen LogP contribution in [-0.4, -0.2) is 42.9 Å². The number of benzene rings is 2. The molecule has 134 valence electrons. The molecule has 0 bridgehead atoms. The molecular weight excluding hydrogens is 321 g/mol. The van der Waals surface area contributed by atoms with Gasteiger partial charge in [0.2, 0.25) is 0 Å². The summed E-state index contributed by atoms with van der Waals surface area (Å²) in [5, 5.41) is 10.3. The van der Waals surface area contributed by atoms with E-state index in [4.69, 9.17) is 9.47 Å². The van der Waals surface area contributed by atoms with Gasteiger partial charge in [0, 0.05) is 12.6 Å². The topological polar surface area (TPSA) is 41.9 Å². The van der Waals surface area contributed by atoms with Crippen LogP contribution in [0.2, 0.25) is 0 Å². The van der Waals surface area contributed by atoms with E-state index < -0.39 is 6.10 Å². The van der Waals surface area contributed by atoms with Crippen LogP contribution in [0.3, 0.4) is 0 Å². The number of likely N-dealkylation sites (tertiary alicyclic amines) is 1. The Labute approximate surface area is 147 Å². The fourth-order valence-corrected chi connectivity index (χ4v) is 3.32. The van der Waals surface area contributed by atoms with Crippen molar-refractivity contribution in [3.05, 3.63) is 59.9 Å². The van der Waals surface area contributed by atoms with E-state index in [1.165, 1.54) is 17.7 Å². The predicted molar refractivity (Wildman–Crippen MR) is 94.4 cm³/mol. The summed E-state index contributed by atoms with van der Waals surface area (Å²) in [6, 6.07) is 14.2. The fraction of sp³-hybridized carbons (Fsp3) is 0.400. The summed E-state index contributed by atoms with van der Waals surface area (Å²) >= 11 is 0. The van der Waals surface area contributed by atoms with E-state index in [0.717, 1.165) is 25.1 Å². The van der Waals surface area contributed by atoms with E-state index in [1.54, 1.807) is 19.2 Å². The minimum atomic E-state index is -0.601. The number of ether oxygens (including phenoxy) is 2. The van der Waals surface area contributed by atoms with Crippen molar-refractivity contribution in [1.29, 1.82) is 0 Å². The van der Waals surface area contributed by atoms with Gasteiger partial charge in [0.1, 0.15) is 30.0 Å². The molecule has 2 aromatic rings. The molecule has 0 spiro atoms.